The van der Waals surface area contributed by atoms with Crippen molar-refractivity contribution in [2.24, 2.45) is 0 Å². The van der Waals surface area contributed by atoms with Crippen molar-refractivity contribution in [1.82, 2.24) is 5.32 Å². The van der Waals surface area contributed by atoms with E-state index in [1.807, 2.05) is 6.07 Å². The van der Waals surface area contributed by atoms with E-state index in [0.29, 0.717) is 22.8 Å². The summed E-state index contributed by atoms with van der Waals surface area (Å²) in [5.41, 5.74) is 0.970. The number of carbonyl (C=O) groups excluding carboxylic acids is 1. The lowest BCUT2D eigenvalue weighted by atomic mass is 10.2. The second-order valence-corrected chi connectivity index (χ2v) is 4.30. The van der Waals surface area contributed by atoms with Gasteiger partial charge >= 0.3 is 6.03 Å². The van der Waals surface area contributed by atoms with E-state index in [1.54, 1.807) is 18.2 Å². The lowest BCUT2D eigenvalue weighted by Crippen LogP contribution is -2.29. The van der Waals surface area contributed by atoms with Gasteiger partial charge in [-0.3, -0.25) is 0 Å². The topological polar surface area (TPSA) is 64.9 Å². The van der Waals surface area contributed by atoms with Gasteiger partial charge in [-0.25, -0.2) is 4.79 Å². The lowest BCUT2D eigenvalue weighted by Gasteiger charge is -2.07. The molecule has 0 fully saturated rings. The van der Waals surface area contributed by atoms with Crippen LogP contribution in [0, 0.1) is 11.3 Å². The molecule has 4 nitrogen and oxygen atoms in total. The molecule has 1 aromatic carbocycles. The average molecular weight is 266 g/mol. The zero-order valence-electron chi connectivity index (χ0n) is 10.3. The van der Waals surface area contributed by atoms with Crippen LogP contribution >= 0.6 is 11.6 Å². The van der Waals surface area contributed by atoms with Crippen molar-refractivity contribution >= 4 is 23.3 Å². The Balaban J connectivity index is 2.45. The number of nitrogens with zero attached hydrogens (tertiary/aromatic N) is 1. The molecule has 1 aromatic rings. The van der Waals surface area contributed by atoms with E-state index in [2.05, 4.69) is 17.6 Å². The van der Waals surface area contributed by atoms with Crippen LogP contribution in [0.2, 0.25) is 5.02 Å². The third-order valence-corrected chi connectivity index (χ3v) is 2.73. The van der Waals surface area contributed by atoms with Crippen LogP contribution in [0.3, 0.4) is 0 Å². The highest BCUT2D eigenvalue weighted by molar-refractivity contribution is 6.32. The first kappa shape index (κ1) is 14.3. The Morgan fingerprint density at radius 3 is 2.83 bits per heavy atom. The summed E-state index contributed by atoms with van der Waals surface area (Å²) in [4.78, 5) is 11.5. The molecule has 1 rings (SSSR count). The fourth-order valence-corrected chi connectivity index (χ4v) is 1.66. The minimum Gasteiger partial charge on any atom is -0.338 e. The standard InChI is InChI=1S/C13H16ClN3O/c1-2-3-4-7-16-13(18)17-11-6-5-10(9-15)12(14)8-11/h5-6,8H,2-4,7H2,1H3,(H2,16,17,18). The molecule has 18 heavy (non-hydrogen) atoms. The second kappa shape index (κ2) is 7.57. The Labute approximate surface area is 112 Å². The third kappa shape index (κ3) is 4.64. The molecule has 0 aliphatic carbocycles. The first-order valence-electron chi connectivity index (χ1n) is 5.92. The summed E-state index contributed by atoms with van der Waals surface area (Å²) in [6.45, 7) is 2.77. The maximum atomic E-state index is 11.5. The predicted molar refractivity (Wildman–Crippen MR) is 72.7 cm³/mol. The van der Waals surface area contributed by atoms with Crippen LogP contribution in [0.5, 0.6) is 0 Å². The Morgan fingerprint density at radius 1 is 1.44 bits per heavy atom. The molecule has 0 unspecified atom stereocenters. The summed E-state index contributed by atoms with van der Waals surface area (Å²) >= 11 is 5.86. The first-order valence-corrected chi connectivity index (χ1v) is 6.29. The molecule has 2 N–H and O–H groups in total. The van der Waals surface area contributed by atoms with Crippen molar-refractivity contribution in [1.29, 1.82) is 5.26 Å². The van der Waals surface area contributed by atoms with Crippen LogP contribution in [-0.4, -0.2) is 12.6 Å². The van der Waals surface area contributed by atoms with Crippen molar-refractivity contribution in [2.75, 3.05) is 11.9 Å². The number of hydrogen-bond donors (Lipinski definition) is 2. The average Bonchev–Trinajstić information content (AvgIpc) is 2.35. The zero-order chi connectivity index (χ0) is 13.4. The second-order valence-electron chi connectivity index (χ2n) is 3.89. The fourth-order valence-electron chi connectivity index (χ4n) is 1.44. The Hall–Kier alpha value is -1.73. The van der Waals surface area contributed by atoms with E-state index >= 15 is 0 Å². The highest BCUT2D eigenvalue weighted by atomic mass is 35.5. The summed E-state index contributed by atoms with van der Waals surface area (Å²) in [5.74, 6) is 0. The number of nitrogens with one attached hydrogen (secondary N) is 2. The van der Waals surface area contributed by atoms with Gasteiger partial charge in [0.1, 0.15) is 6.07 Å². The van der Waals surface area contributed by atoms with Crippen LogP contribution in [0.1, 0.15) is 31.7 Å². The van der Waals surface area contributed by atoms with E-state index < -0.39 is 0 Å². The summed E-state index contributed by atoms with van der Waals surface area (Å²) < 4.78 is 0. The molecular formula is C13H16ClN3O. The van der Waals surface area contributed by atoms with Gasteiger partial charge in [-0.1, -0.05) is 31.4 Å². The molecule has 0 saturated carbocycles. The lowest BCUT2D eigenvalue weighted by molar-refractivity contribution is 0.252. The van der Waals surface area contributed by atoms with E-state index in [4.69, 9.17) is 16.9 Å². The molecule has 2 amide bonds. The monoisotopic (exact) mass is 265 g/mol. The molecule has 0 radical (unpaired) electrons. The maximum Gasteiger partial charge on any atom is 0.319 e. The summed E-state index contributed by atoms with van der Waals surface area (Å²) in [6, 6.07) is 6.49. The molecule has 5 heteroatoms. The molecular weight excluding hydrogens is 250 g/mol. The fraction of sp³-hybridized carbons (Fsp3) is 0.385. The van der Waals surface area contributed by atoms with Gasteiger partial charge in [0.25, 0.3) is 0 Å². The number of hydrogen-bond acceptors (Lipinski definition) is 2. The van der Waals surface area contributed by atoms with Crippen LogP contribution in [0.4, 0.5) is 10.5 Å². The number of benzene rings is 1. The van der Waals surface area contributed by atoms with E-state index in [0.717, 1.165) is 19.3 Å². The molecule has 0 aliphatic heterocycles. The van der Waals surface area contributed by atoms with Crippen LogP contribution in [-0.2, 0) is 0 Å². The van der Waals surface area contributed by atoms with Gasteiger partial charge in [0.2, 0.25) is 0 Å². The number of carbonyl (C=O) groups is 1. The van der Waals surface area contributed by atoms with Gasteiger partial charge in [0.05, 0.1) is 10.6 Å². The Morgan fingerprint density at radius 2 is 2.22 bits per heavy atom. The Kier molecular flexibility index (Phi) is 6.03. The van der Waals surface area contributed by atoms with Crippen LogP contribution < -0.4 is 10.6 Å². The van der Waals surface area contributed by atoms with E-state index in [-0.39, 0.29) is 6.03 Å². The van der Waals surface area contributed by atoms with Crippen molar-refractivity contribution in [3.05, 3.63) is 28.8 Å². The van der Waals surface area contributed by atoms with Crippen LogP contribution in [0.25, 0.3) is 0 Å². The maximum absolute atomic E-state index is 11.5. The molecule has 0 heterocycles. The summed E-state index contributed by atoms with van der Waals surface area (Å²) in [5, 5.41) is 14.5. The minimum absolute atomic E-state index is 0.258. The van der Waals surface area contributed by atoms with Gasteiger partial charge in [-0.05, 0) is 24.6 Å². The highest BCUT2D eigenvalue weighted by Crippen LogP contribution is 2.19. The molecule has 0 spiro atoms. The van der Waals surface area contributed by atoms with Gasteiger partial charge < -0.3 is 10.6 Å². The first-order chi connectivity index (χ1) is 8.67. The quantitative estimate of drug-likeness (QED) is 0.800. The van der Waals surface area contributed by atoms with Gasteiger partial charge in [0, 0.05) is 12.2 Å². The minimum atomic E-state index is -0.258. The number of nitriles is 1. The largest absolute Gasteiger partial charge is 0.338 e. The SMILES string of the molecule is CCCCCNC(=O)Nc1ccc(C#N)c(Cl)c1. The predicted octanol–water partition coefficient (Wildman–Crippen LogP) is 3.52. The number of rotatable bonds is 5. The number of unbranched alkanes of at least 4 members (excludes halogenated alkanes) is 2. The highest BCUT2D eigenvalue weighted by Gasteiger charge is 2.04. The van der Waals surface area contributed by atoms with Crippen molar-refractivity contribution in [3.8, 4) is 6.07 Å². The van der Waals surface area contributed by atoms with Gasteiger partial charge in [-0.15, -0.1) is 0 Å². The third-order valence-electron chi connectivity index (χ3n) is 2.41. The normalized spacial score (nSPS) is 9.61. The molecule has 96 valence electrons. The van der Waals surface area contributed by atoms with Crippen LogP contribution in [0.15, 0.2) is 18.2 Å². The smallest absolute Gasteiger partial charge is 0.319 e. The molecule has 0 saturated heterocycles. The van der Waals surface area contributed by atoms with Crippen molar-refractivity contribution in [3.63, 3.8) is 0 Å². The number of halogens is 1. The van der Waals surface area contributed by atoms with E-state index in [1.165, 1.54) is 0 Å². The van der Waals surface area contributed by atoms with Gasteiger partial charge in [0.15, 0.2) is 0 Å². The number of urea groups is 1. The van der Waals surface area contributed by atoms with Gasteiger partial charge in [-0.2, -0.15) is 5.26 Å². The molecule has 0 bridgehead atoms. The molecule has 0 aliphatic rings. The number of amides is 2. The van der Waals surface area contributed by atoms with Crippen molar-refractivity contribution < 1.29 is 4.79 Å². The number of anilines is 1. The van der Waals surface area contributed by atoms with E-state index in [9.17, 15) is 4.79 Å². The molecule has 0 atom stereocenters. The summed E-state index contributed by atoms with van der Waals surface area (Å²) in [7, 11) is 0. The summed E-state index contributed by atoms with van der Waals surface area (Å²) in [6.07, 6.45) is 3.19. The van der Waals surface area contributed by atoms with Crippen molar-refractivity contribution in [2.45, 2.75) is 26.2 Å². The zero-order valence-corrected chi connectivity index (χ0v) is 11.0. The molecule has 0 aromatic heterocycles. The Bertz CT molecular complexity index is 454.